The first kappa shape index (κ1) is 10.8. The van der Waals surface area contributed by atoms with Gasteiger partial charge < -0.3 is 9.47 Å². The highest BCUT2D eigenvalue weighted by Crippen LogP contribution is 2.55. The number of carbonyl (C=O) groups is 2. The van der Waals surface area contributed by atoms with Gasteiger partial charge in [-0.1, -0.05) is 6.08 Å². The second-order valence-corrected chi connectivity index (χ2v) is 3.23. The van der Waals surface area contributed by atoms with Crippen molar-refractivity contribution in [2.45, 2.75) is 13.3 Å². The van der Waals surface area contributed by atoms with Gasteiger partial charge in [-0.05, 0) is 13.3 Å². The van der Waals surface area contributed by atoms with Crippen LogP contribution in [0.5, 0.6) is 0 Å². The van der Waals surface area contributed by atoms with Crippen molar-refractivity contribution in [1.29, 1.82) is 0 Å². The Labute approximate surface area is 82.9 Å². The minimum absolute atomic E-state index is 0.144. The Bertz CT molecular complexity index is 271. The number of hydrogen-bond donors (Lipinski definition) is 0. The number of rotatable bonds is 4. The molecule has 1 aliphatic rings. The molecular formula is C10H14O4. The van der Waals surface area contributed by atoms with Crippen LogP contribution in [0.1, 0.15) is 13.3 Å². The molecule has 2 atom stereocenters. The van der Waals surface area contributed by atoms with E-state index in [4.69, 9.17) is 4.74 Å². The quantitative estimate of drug-likeness (QED) is 0.383. The highest BCUT2D eigenvalue weighted by atomic mass is 16.6. The van der Waals surface area contributed by atoms with E-state index in [1.165, 1.54) is 7.11 Å². The molecule has 0 saturated heterocycles. The third kappa shape index (κ3) is 1.41. The topological polar surface area (TPSA) is 52.6 Å². The Balaban J connectivity index is 2.80. The highest BCUT2D eigenvalue weighted by molar-refractivity contribution is 6.04. The summed E-state index contributed by atoms with van der Waals surface area (Å²) in [6.45, 7) is 5.53. The van der Waals surface area contributed by atoms with Crippen molar-refractivity contribution in [3.8, 4) is 0 Å². The van der Waals surface area contributed by atoms with Gasteiger partial charge in [0, 0.05) is 5.92 Å². The van der Waals surface area contributed by atoms with Crippen LogP contribution in [0.3, 0.4) is 0 Å². The molecule has 0 aliphatic heterocycles. The van der Waals surface area contributed by atoms with Gasteiger partial charge in [0.25, 0.3) is 0 Å². The monoisotopic (exact) mass is 198 g/mol. The van der Waals surface area contributed by atoms with Gasteiger partial charge in [0.15, 0.2) is 5.41 Å². The largest absolute Gasteiger partial charge is 0.468 e. The zero-order valence-corrected chi connectivity index (χ0v) is 8.41. The predicted octanol–water partition coefficient (Wildman–Crippen LogP) is 0.915. The first-order valence-electron chi connectivity index (χ1n) is 4.51. The molecule has 0 aromatic carbocycles. The average molecular weight is 198 g/mol. The summed E-state index contributed by atoms with van der Waals surface area (Å²) in [6, 6.07) is 0. The summed E-state index contributed by atoms with van der Waals surface area (Å²) in [7, 11) is 1.27. The maximum atomic E-state index is 11.5. The molecule has 4 nitrogen and oxygen atoms in total. The van der Waals surface area contributed by atoms with E-state index in [0.29, 0.717) is 6.42 Å². The molecule has 0 spiro atoms. The molecular weight excluding hydrogens is 184 g/mol. The normalized spacial score (nSPS) is 29.1. The molecule has 0 radical (unpaired) electrons. The Morgan fingerprint density at radius 2 is 2.21 bits per heavy atom. The Kier molecular flexibility index (Phi) is 2.93. The molecule has 0 N–H and O–H groups in total. The molecule has 1 aliphatic carbocycles. The molecule has 0 aromatic rings. The van der Waals surface area contributed by atoms with Crippen LogP contribution in [0.25, 0.3) is 0 Å². The number of ether oxygens (including phenoxy) is 2. The minimum Gasteiger partial charge on any atom is -0.468 e. The van der Waals surface area contributed by atoms with Crippen LogP contribution in [0.4, 0.5) is 0 Å². The van der Waals surface area contributed by atoms with Gasteiger partial charge in [-0.2, -0.15) is 0 Å². The van der Waals surface area contributed by atoms with Gasteiger partial charge in [0.05, 0.1) is 13.7 Å². The van der Waals surface area contributed by atoms with Crippen LogP contribution in [-0.2, 0) is 19.1 Å². The van der Waals surface area contributed by atoms with Gasteiger partial charge in [0.1, 0.15) is 0 Å². The van der Waals surface area contributed by atoms with Gasteiger partial charge >= 0.3 is 11.9 Å². The van der Waals surface area contributed by atoms with Crippen molar-refractivity contribution in [2.75, 3.05) is 13.7 Å². The van der Waals surface area contributed by atoms with Crippen LogP contribution < -0.4 is 0 Å². The lowest BCUT2D eigenvalue weighted by atomic mass is 10.0. The van der Waals surface area contributed by atoms with Crippen molar-refractivity contribution < 1.29 is 19.1 Å². The fourth-order valence-electron chi connectivity index (χ4n) is 1.57. The van der Waals surface area contributed by atoms with Crippen LogP contribution in [0, 0.1) is 11.3 Å². The number of allylic oxidation sites excluding steroid dienone is 1. The van der Waals surface area contributed by atoms with E-state index in [-0.39, 0.29) is 12.5 Å². The van der Waals surface area contributed by atoms with E-state index < -0.39 is 17.4 Å². The second-order valence-electron chi connectivity index (χ2n) is 3.23. The smallest absolute Gasteiger partial charge is 0.324 e. The maximum absolute atomic E-state index is 11.5. The fraction of sp³-hybridized carbons (Fsp3) is 0.600. The third-order valence-electron chi connectivity index (χ3n) is 2.49. The van der Waals surface area contributed by atoms with Crippen LogP contribution in [-0.4, -0.2) is 25.7 Å². The standard InChI is InChI=1S/C10H14O4/c1-4-7-6-10(7,8(11)13-3)9(12)14-5-2/h4,7H,1,5-6H2,2-3H3. The second kappa shape index (κ2) is 3.82. The molecule has 4 heteroatoms. The summed E-state index contributed by atoms with van der Waals surface area (Å²) in [5, 5.41) is 0. The predicted molar refractivity (Wildman–Crippen MR) is 49.4 cm³/mol. The van der Waals surface area contributed by atoms with Crippen molar-refractivity contribution in [1.82, 2.24) is 0 Å². The van der Waals surface area contributed by atoms with E-state index >= 15 is 0 Å². The van der Waals surface area contributed by atoms with Crippen LogP contribution in [0.2, 0.25) is 0 Å². The Hall–Kier alpha value is -1.32. The molecule has 1 saturated carbocycles. The summed E-state index contributed by atoms with van der Waals surface area (Å²) in [5.74, 6) is -1.17. The zero-order valence-electron chi connectivity index (χ0n) is 8.41. The van der Waals surface area contributed by atoms with Crippen molar-refractivity contribution in [3.63, 3.8) is 0 Å². The fourth-order valence-corrected chi connectivity index (χ4v) is 1.57. The number of carbonyl (C=O) groups excluding carboxylic acids is 2. The number of hydrogen-bond acceptors (Lipinski definition) is 4. The van der Waals surface area contributed by atoms with E-state index in [1.54, 1.807) is 13.0 Å². The minimum atomic E-state index is -1.10. The SMILES string of the molecule is C=CC1CC1(C(=O)OC)C(=O)OCC. The number of esters is 2. The van der Waals surface area contributed by atoms with Crippen molar-refractivity contribution in [2.24, 2.45) is 11.3 Å². The van der Waals surface area contributed by atoms with Crippen LogP contribution in [0.15, 0.2) is 12.7 Å². The highest BCUT2D eigenvalue weighted by Gasteiger charge is 2.66. The summed E-state index contributed by atoms with van der Waals surface area (Å²) >= 11 is 0. The average Bonchev–Trinajstić information content (AvgIpc) is 2.92. The lowest BCUT2D eigenvalue weighted by Crippen LogP contribution is -2.30. The molecule has 2 unspecified atom stereocenters. The zero-order chi connectivity index (χ0) is 10.8. The Morgan fingerprint density at radius 1 is 1.57 bits per heavy atom. The molecule has 0 heterocycles. The molecule has 1 rings (SSSR count). The van der Waals surface area contributed by atoms with E-state index in [2.05, 4.69) is 11.3 Å². The number of methoxy groups -OCH3 is 1. The third-order valence-corrected chi connectivity index (χ3v) is 2.49. The maximum Gasteiger partial charge on any atom is 0.324 e. The molecule has 1 fully saturated rings. The van der Waals surface area contributed by atoms with E-state index in [0.717, 1.165) is 0 Å². The lowest BCUT2D eigenvalue weighted by Gasteiger charge is -2.11. The van der Waals surface area contributed by atoms with Gasteiger partial charge in [-0.3, -0.25) is 9.59 Å². The summed E-state index contributed by atoms with van der Waals surface area (Å²) in [6.07, 6.45) is 2.04. The van der Waals surface area contributed by atoms with E-state index in [1.807, 2.05) is 0 Å². The molecule has 0 aromatic heterocycles. The summed E-state index contributed by atoms with van der Waals surface area (Å²) in [4.78, 5) is 22.9. The first-order chi connectivity index (χ1) is 6.63. The molecule has 0 bridgehead atoms. The van der Waals surface area contributed by atoms with E-state index in [9.17, 15) is 9.59 Å². The summed E-state index contributed by atoms with van der Waals surface area (Å²) in [5.41, 5.74) is -1.10. The van der Waals surface area contributed by atoms with Crippen molar-refractivity contribution >= 4 is 11.9 Å². The summed E-state index contributed by atoms with van der Waals surface area (Å²) < 4.78 is 9.43. The molecule has 78 valence electrons. The molecule has 14 heavy (non-hydrogen) atoms. The van der Waals surface area contributed by atoms with Gasteiger partial charge in [-0.15, -0.1) is 6.58 Å². The van der Waals surface area contributed by atoms with Gasteiger partial charge in [-0.25, -0.2) is 0 Å². The molecule has 0 amide bonds. The lowest BCUT2D eigenvalue weighted by molar-refractivity contribution is -0.163. The van der Waals surface area contributed by atoms with Gasteiger partial charge in [0.2, 0.25) is 0 Å². The van der Waals surface area contributed by atoms with Crippen LogP contribution >= 0.6 is 0 Å². The Morgan fingerprint density at radius 3 is 2.57 bits per heavy atom. The first-order valence-corrected chi connectivity index (χ1v) is 4.51. The van der Waals surface area contributed by atoms with Crippen molar-refractivity contribution in [3.05, 3.63) is 12.7 Å².